The van der Waals surface area contributed by atoms with Crippen molar-refractivity contribution in [2.24, 2.45) is 0 Å². The Labute approximate surface area is 357 Å². The molecule has 290 valence electrons. The van der Waals surface area contributed by atoms with Gasteiger partial charge in [0.15, 0.2) is 0 Å². The molecule has 0 bridgehead atoms. The number of benzene rings is 9. The molecule has 1 spiro atoms. The van der Waals surface area contributed by atoms with Crippen molar-refractivity contribution >= 4 is 38.9 Å². The molecule has 1 saturated carbocycles. The standard InChI is InChI=1S/C59H44N2/c1-2-18-41(19-3-1)45-20-4-5-21-46(45)47-22-6-7-23-48(47)50-25-9-13-29-56(50)60(44-36-37-55-53(40-44)49-24-8-12-28-54(49)59(55)38-16-17-39-59)42-32-34-43(35-33-42)61-57-30-14-10-26-51(57)52-27-11-15-31-58(52)61/h1-15,18-37,40H,16-17,38-39H2. The van der Waals surface area contributed by atoms with Crippen LogP contribution in [0, 0.1) is 0 Å². The molecule has 0 aliphatic heterocycles. The summed E-state index contributed by atoms with van der Waals surface area (Å²) in [5.41, 5.74) is 20.1. The fraction of sp³-hybridized carbons (Fsp3) is 0.0847. The quantitative estimate of drug-likeness (QED) is 0.156. The maximum absolute atomic E-state index is 2.49. The van der Waals surface area contributed by atoms with Crippen molar-refractivity contribution in [3.63, 3.8) is 0 Å². The van der Waals surface area contributed by atoms with Gasteiger partial charge in [-0.3, -0.25) is 0 Å². The minimum atomic E-state index is 0.113. The molecular formula is C59H44N2. The molecule has 10 aromatic rings. The summed E-state index contributed by atoms with van der Waals surface area (Å²) < 4.78 is 2.40. The first-order valence-electron chi connectivity index (χ1n) is 21.7. The van der Waals surface area contributed by atoms with E-state index in [1.807, 2.05) is 0 Å². The van der Waals surface area contributed by atoms with E-state index in [1.165, 1.54) is 103 Å². The second kappa shape index (κ2) is 14.4. The van der Waals surface area contributed by atoms with Gasteiger partial charge < -0.3 is 9.47 Å². The van der Waals surface area contributed by atoms with Gasteiger partial charge in [-0.1, -0.05) is 177 Å². The van der Waals surface area contributed by atoms with Crippen LogP contribution in [0.2, 0.25) is 0 Å². The fourth-order valence-electron chi connectivity index (χ4n) is 10.9. The van der Waals surface area contributed by atoms with Crippen LogP contribution in [0.5, 0.6) is 0 Å². The second-order valence-corrected chi connectivity index (χ2v) is 16.8. The van der Waals surface area contributed by atoms with E-state index in [0.29, 0.717) is 0 Å². The molecule has 1 aromatic heterocycles. The Morgan fingerprint density at radius 3 is 1.54 bits per heavy atom. The monoisotopic (exact) mass is 780 g/mol. The highest BCUT2D eigenvalue weighted by molar-refractivity contribution is 6.09. The summed E-state index contributed by atoms with van der Waals surface area (Å²) in [6.45, 7) is 0. The van der Waals surface area contributed by atoms with Gasteiger partial charge in [0.2, 0.25) is 0 Å². The topological polar surface area (TPSA) is 8.17 Å². The Hall–Kier alpha value is -7.42. The zero-order valence-electron chi connectivity index (χ0n) is 34.0. The number of para-hydroxylation sites is 3. The van der Waals surface area contributed by atoms with E-state index in [0.717, 1.165) is 22.7 Å². The number of fused-ring (bicyclic) bond motifs is 8. The average molecular weight is 781 g/mol. The Kier molecular flexibility index (Phi) is 8.38. The van der Waals surface area contributed by atoms with Crippen LogP contribution in [0.3, 0.4) is 0 Å². The van der Waals surface area contributed by atoms with Crippen LogP contribution in [-0.4, -0.2) is 4.57 Å². The van der Waals surface area contributed by atoms with Crippen LogP contribution in [-0.2, 0) is 5.41 Å². The van der Waals surface area contributed by atoms with Gasteiger partial charge >= 0.3 is 0 Å². The van der Waals surface area contributed by atoms with Gasteiger partial charge in [0.25, 0.3) is 0 Å². The molecule has 2 nitrogen and oxygen atoms in total. The molecular weight excluding hydrogens is 737 g/mol. The molecule has 12 rings (SSSR count). The molecule has 0 amide bonds. The Morgan fingerprint density at radius 1 is 0.361 bits per heavy atom. The Bertz CT molecular complexity index is 3200. The van der Waals surface area contributed by atoms with E-state index < -0.39 is 0 Å². The summed E-state index contributed by atoms with van der Waals surface area (Å²) in [5, 5.41) is 2.53. The summed E-state index contributed by atoms with van der Waals surface area (Å²) in [6.07, 6.45) is 4.99. The molecule has 2 aliphatic carbocycles. The molecule has 0 saturated heterocycles. The fourth-order valence-corrected chi connectivity index (χ4v) is 10.9. The van der Waals surface area contributed by atoms with Crippen molar-refractivity contribution < 1.29 is 0 Å². The largest absolute Gasteiger partial charge is 0.310 e. The van der Waals surface area contributed by atoms with E-state index >= 15 is 0 Å². The number of hydrogen-bond donors (Lipinski definition) is 0. The zero-order chi connectivity index (χ0) is 40.3. The molecule has 0 N–H and O–H groups in total. The lowest BCUT2D eigenvalue weighted by atomic mass is 9.77. The summed E-state index contributed by atoms with van der Waals surface area (Å²) in [4.78, 5) is 2.49. The highest BCUT2D eigenvalue weighted by Gasteiger charge is 2.45. The number of hydrogen-bond acceptors (Lipinski definition) is 1. The van der Waals surface area contributed by atoms with Crippen LogP contribution >= 0.6 is 0 Å². The minimum absolute atomic E-state index is 0.113. The van der Waals surface area contributed by atoms with E-state index in [4.69, 9.17) is 0 Å². The van der Waals surface area contributed by atoms with Gasteiger partial charge in [-0.25, -0.2) is 0 Å². The summed E-state index contributed by atoms with van der Waals surface area (Å²) in [5.74, 6) is 0. The van der Waals surface area contributed by atoms with Crippen molar-refractivity contribution in [1.29, 1.82) is 0 Å². The second-order valence-electron chi connectivity index (χ2n) is 16.8. The average Bonchev–Trinajstić information content (AvgIpc) is 4.04. The van der Waals surface area contributed by atoms with Crippen molar-refractivity contribution in [3.8, 4) is 50.2 Å². The zero-order valence-corrected chi connectivity index (χ0v) is 34.0. The molecule has 9 aromatic carbocycles. The summed E-state index contributed by atoms with van der Waals surface area (Å²) in [7, 11) is 0. The van der Waals surface area contributed by atoms with Crippen molar-refractivity contribution in [1.82, 2.24) is 4.57 Å². The van der Waals surface area contributed by atoms with Gasteiger partial charge in [-0.05, 0) is 118 Å². The number of nitrogens with zero attached hydrogens (tertiary/aromatic N) is 2. The third kappa shape index (κ3) is 5.63. The van der Waals surface area contributed by atoms with Crippen molar-refractivity contribution in [3.05, 3.63) is 230 Å². The van der Waals surface area contributed by atoms with Gasteiger partial charge in [0, 0.05) is 38.8 Å². The number of anilines is 3. The number of rotatable bonds is 7. The maximum Gasteiger partial charge on any atom is 0.0541 e. The van der Waals surface area contributed by atoms with Crippen molar-refractivity contribution in [2.45, 2.75) is 31.1 Å². The van der Waals surface area contributed by atoms with E-state index in [9.17, 15) is 0 Å². The predicted molar refractivity (Wildman–Crippen MR) is 256 cm³/mol. The molecule has 1 fully saturated rings. The summed E-state index contributed by atoms with van der Waals surface area (Å²) in [6, 6.07) is 80.7. The Morgan fingerprint density at radius 2 is 0.852 bits per heavy atom. The molecule has 1 heterocycles. The lowest BCUT2D eigenvalue weighted by Gasteiger charge is -2.30. The molecule has 2 aliphatic rings. The smallest absolute Gasteiger partial charge is 0.0541 e. The lowest BCUT2D eigenvalue weighted by molar-refractivity contribution is 0.550. The molecule has 0 unspecified atom stereocenters. The maximum atomic E-state index is 2.49. The van der Waals surface area contributed by atoms with Crippen LogP contribution in [0.4, 0.5) is 17.1 Å². The first kappa shape index (κ1) is 35.5. The summed E-state index contributed by atoms with van der Waals surface area (Å²) >= 11 is 0. The van der Waals surface area contributed by atoms with Crippen LogP contribution in [0.1, 0.15) is 36.8 Å². The first-order chi connectivity index (χ1) is 30.3. The molecule has 0 atom stereocenters. The first-order valence-corrected chi connectivity index (χ1v) is 21.7. The Balaban J connectivity index is 1.06. The van der Waals surface area contributed by atoms with E-state index in [-0.39, 0.29) is 5.41 Å². The van der Waals surface area contributed by atoms with Crippen LogP contribution in [0.15, 0.2) is 218 Å². The highest BCUT2D eigenvalue weighted by atomic mass is 15.1. The molecule has 2 heteroatoms. The highest BCUT2D eigenvalue weighted by Crippen LogP contribution is 2.58. The lowest BCUT2D eigenvalue weighted by Crippen LogP contribution is -2.20. The van der Waals surface area contributed by atoms with Gasteiger partial charge in [-0.2, -0.15) is 0 Å². The van der Waals surface area contributed by atoms with Crippen molar-refractivity contribution in [2.75, 3.05) is 4.90 Å². The van der Waals surface area contributed by atoms with Crippen LogP contribution in [0.25, 0.3) is 72.0 Å². The normalized spacial score (nSPS) is 13.8. The minimum Gasteiger partial charge on any atom is -0.310 e. The van der Waals surface area contributed by atoms with Crippen LogP contribution < -0.4 is 4.90 Å². The molecule has 61 heavy (non-hydrogen) atoms. The predicted octanol–water partition coefficient (Wildman–Crippen LogP) is 16.1. The van der Waals surface area contributed by atoms with E-state index in [1.54, 1.807) is 0 Å². The third-order valence-corrected chi connectivity index (χ3v) is 13.6. The van der Waals surface area contributed by atoms with Gasteiger partial charge in [-0.15, -0.1) is 0 Å². The van der Waals surface area contributed by atoms with Gasteiger partial charge in [0.05, 0.1) is 16.7 Å². The van der Waals surface area contributed by atoms with E-state index in [2.05, 4.69) is 228 Å². The van der Waals surface area contributed by atoms with Gasteiger partial charge in [0.1, 0.15) is 0 Å². The molecule has 0 radical (unpaired) electrons. The SMILES string of the molecule is c1ccc(-c2ccccc2-c2ccccc2-c2ccccc2N(c2ccc(-n3c4ccccc4c4ccccc43)cc2)c2ccc3c(c2)-c2ccccc2C32CCCC2)cc1. The third-order valence-electron chi connectivity index (χ3n) is 13.6. The number of aromatic nitrogens is 1.